The fourth-order valence-electron chi connectivity index (χ4n) is 1.36. The molecule has 0 bridgehead atoms. The number of benzene rings is 1. The number of hydrogen-bond donors (Lipinski definition) is 1. The van der Waals surface area contributed by atoms with Crippen LogP contribution in [0.4, 0.5) is 0 Å². The maximum absolute atomic E-state index is 10.0. The van der Waals surface area contributed by atoms with Gasteiger partial charge in [0.05, 0.1) is 10.7 Å². The van der Waals surface area contributed by atoms with Crippen molar-refractivity contribution in [2.75, 3.05) is 0 Å². The molecule has 0 aliphatic carbocycles. The molecule has 1 atom stereocenters. The van der Waals surface area contributed by atoms with Gasteiger partial charge in [0.2, 0.25) is 0 Å². The zero-order chi connectivity index (χ0) is 11.5. The van der Waals surface area contributed by atoms with Gasteiger partial charge in [-0.1, -0.05) is 35.3 Å². The molecule has 2 nitrogen and oxygen atoms in total. The Balaban J connectivity index is 2.28. The second kappa shape index (κ2) is 4.83. The lowest BCUT2D eigenvalue weighted by Gasteiger charge is -2.10. The normalized spacial score (nSPS) is 12.4. The van der Waals surface area contributed by atoms with Gasteiger partial charge in [-0.25, -0.2) is 0 Å². The molecule has 4 heteroatoms. The van der Waals surface area contributed by atoms with Crippen molar-refractivity contribution >= 4 is 23.2 Å². The Morgan fingerprint density at radius 3 is 2.12 bits per heavy atom. The molecular weight excluding hydrogens is 245 g/mol. The molecule has 0 saturated heterocycles. The van der Waals surface area contributed by atoms with Crippen LogP contribution in [0.25, 0.3) is 0 Å². The fraction of sp³-hybridized carbons (Fsp3) is 0.0833. The van der Waals surface area contributed by atoms with E-state index in [1.165, 1.54) is 6.20 Å². The molecule has 2 rings (SSSR count). The number of hydrogen-bond acceptors (Lipinski definition) is 2. The van der Waals surface area contributed by atoms with Crippen molar-refractivity contribution in [1.82, 2.24) is 4.98 Å². The predicted octanol–water partition coefficient (Wildman–Crippen LogP) is 3.47. The maximum atomic E-state index is 10.0. The molecule has 0 saturated carbocycles. The summed E-state index contributed by atoms with van der Waals surface area (Å²) in [6, 6.07) is 10.4. The lowest BCUT2D eigenvalue weighted by atomic mass is 10.1. The first-order valence-corrected chi connectivity index (χ1v) is 5.47. The molecule has 1 aromatic carbocycles. The minimum atomic E-state index is -0.755. The highest BCUT2D eigenvalue weighted by Gasteiger charge is 2.11. The lowest BCUT2D eigenvalue weighted by Crippen LogP contribution is -2.01. The highest BCUT2D eigenvalue weighted by atomic mass is 35.5. The van der Waals surface area contributed by atoms with Crippen LogP contribution in [0.3, 0.4) is 0 Å². The Hall–Kier alpha value is -1.09. The molecular formula is C12H9Cl2NO. The van der Waals surface area contributed by atoms with Gasteiger partial charge in [-0.3, -0.25) is 4.98 Å². The van der Waals surface area contributed by atoms with Gasteiger partial charge < -0.3 is 5.11 Å². The average molecular weight is 254 g/mol. The van der Waals surface area contributed by atoms with Crippen LogP contribution in [0.5, 0.6) is 0 Å². The molecule has 1 unspecified atom stereocenters. The third-order valence-electron chi connectivity index (χ3n) is 2.22. The molecule has 0 aliphatic heterocycles. The number of rotatable bonds is 2. The molecule has 0 fully saturated rings. The lowest BCUT2D eigenvalue weighted by molar-refractivity contribution is 0.215. The largest absolute Gasteiger partial charge is 0.382 e. The van der Waals surface area contributed by atoms with E-state index in [1.54, 1.807) is 36.4 Å². The summed E-state index contributed by atoms with van der Waals surface area (Å²) in [6.07, 6.45) is 0.755. The molecule has 16 heavy (non-hydrogen) atoms. The highest BCUT2D eigenvalue weighted by Crippen LogP contribution is 2.22. The van der Waals surface area contributed by atoms with Crippen LogP contribution >= 0.6 is 23.2 Å². The van der Waals surface area contributed by atoms with Crippen LogP contribution < -0.4 is 0 Å². The van der Waals surface area contributed by atoms with Crippen molar-refractivity contribution in [2.45, 2.75) is 6.10 Å². The number of halogens is 2. The summed E-state index contributed by atoms with van der Waals surface area (Å²) < 4.78 is 0. The SMILES string of the molecule is OC(c1ccc(Cl)cc1)c1ccc(Cl)cn1. The molecule has 0 aliphatic rings. The van der Waals surface area contributed by atoms with Crippen molar-refractivity contribution in [1.29, 1.82) is 0 Å². The Labute approximate surface area is 103 Å². The van der Waals surface area contributed by atoms with Gasteiger partial charge in [-0.2, -0.15) is 0 Å². The van der Waals surface area contributed by atoms with E-state index in [-0.39, 0.29) is 0 Å². The van der Waals surface area contributed by atoms with E-state index in [2.05, 4.69) is 4.98 Å². The van der Waals surface area contributed by atoms with Crippen LogP contribution in [-0.4, -0.2) is 10.1 Å². The predicted molar refractivity (Wildman–Crippen MR) is 64.8 cm³/mol. The quantitative estimate of drug-likeness (QED) is 0.890. The van der Waals surface area contributed by atoms with Crippen LogP contribution in [0.2, 0.25) is 10.0 Å². The van der Waals surface area contributed by atoms with Gasteiger partial charge in [0.25, 0.3) is 0 Å². The Bertz CT molecular complexity index is 422. The Morgan fingerprint density at radius 2 is 1.56 bits per heavy atom. The van der Waals surface area contributed by atoms with E-state index >= 15 is 0 Å². The fourth-order valence-corrected chi connectivity index (χ4v) is 1.60. The van der Waals surface area contributed by atoms with Gasteiger partial charge in [0.15, 0.2) is 0 Å². The monoisotopic (exact) mass is 253 g/mol. The van der Waals surface area contributed by atoms with Crippen molar-refractivity contribution in [3.05, 3.63) is 63.9 Å². The summed E-state index contributed by atoms with van der Waals surface area (Å²) in [7, 11) is 0. The molecule has 0 radical (unpaired) electrons. The van der Waals surface area contributed by atoms with Crippen LogP contribution in [0, 0.1) is 0 Å². The van der Waals surface area contributed by atoms with Crippen molar-refractivity contribution < 1.29 is 5.11 Å². The van der Waals surface area contributed by atoms with Gasteiger partial charge in [0.1, 0.15) is 6.10 Å². The minimum Gasteiger partial charge on any atom is -0.382 e. The summed E-state index contributed by atoms with van der Waals surface area (Å²) in [5.74, 6) is 0. The summed E-state index contributed by atoms with van der Waals surface area (Å²) >= 11 is 11.5. The van der Waals surface area contributed by atoms with E-state index in [0.29, 0.717) is 15.7 Å². The molecule has 2 aromatic rings. The third kappa shape index (κ3) is 2.53. The molecule has 82 valence electrons. The smallest absolute Gasteiger partial charge is 0.121 e. The molecule has 0 spiro atoms. The van der Waals surface area contributed by atoms with E-state index < -0.39 is 6.10 Å². The average Bonchev–Trinajstić information content (AvgIpc) is 2.30. The van der Waals surface area contributed by atoms with Gasteiger partial charge >= 0.3 is 0 Å². The molecule has 1 aromatic heterocycles. The van der Waals surface area contributed by atoms with Crippen molar-refractivity contribution in [3.8, 4) is 0 Å². The number of aromatic nitrogens is 1. The number of pyridine rings is 1. The number of aliphatic hydroxyl groups excluding tert-OH is 1. The Kier molecular flexibility index (Phi) is 3.44. The van der Waals surface area contributed by atoms with Crippen LogP contribution in [0.1, 0.15) is 17.4 Å². The van der Waals surface area contributed by atoms with Gasteiger partial charge in [-0.05, 0) is 29.8 Å². The molecule has 1 heterocycles. The van der Waals surface area contributed by atoms with Crippen LogP contribution in [-0.2, 0) is 0 Å². The van der Waals surface area contributed by atoms with E-state index in [9.17, 15) is 5.11 Å². The highest BCUT2D eigenvalue weighted by molar-refractivity contribution is 6.30. The second-order valence-corrected chi connectivity index (χ2v) is 4.23. The van der Waals surface area contributed by atoms with E-state index in [0.717, 1.165) is 5.56 Å². The maximum Gasteiger partial charge on any atom is 0.121 e. The summed E-state index contributed by atoms with van der Waals surface area (Å²) in [5.41, 5.74) is 1.31. The molecule has 1 N–H and O–H groups in total. The topological polar surface area (TPSA) is 33.1 Å². The van der Waals surface area contributed by atoms with Crippen LogP contribution in [0.15, 0.2) is 42.6 Å². The first-order chi connectivity index (χ1) is 7.66. The number of aliphatic hydroxyl groups is 1. The minimum absolute atomic E-state index is 0.548. The standard InChI is InChI=1S/C12H9Cl2NO/c13-9-3-1-8(2-4-9)12(16)11-6-5-10(14)7-15-11/h1-7,12,16H. The van der Waals surface area contributed by atoms with Crippen molar-refractivity contribution in [3.63, 3.8) is 0 Å². The summed E-state index contributed by atoms with van der Waals surface area (Å²) in [6.45, 7) is 0. The van der Waals surface area contributed by atoms with Crippen molar-refractivity contribution in [2.24, 2.45) is 0 Å². The van der Waals surface area contributed by atoms with E-state index in [4.69, 9.17) is 23.2 Å². The Morgan fingerprint density at radius 1 is 0.938 bits per heavy atom. The summed E-state index contributed by atoms with van der Waals surface area (Å²) in [5, 5.41) is 11.2. The first-order valence-electron chi connectivity index (χ1n) is 4.72. The summed E-state index contributed by atoms with van der Waals surface area (Å²) in [4.78, 5) is 4.06. The zero-order valence-electron chi connectivity index (χ0n) is 8.27. The molecule has 0 amide bonds. The second-order valence-electron chi connectivity index (χ2n) is 3.36. The van der Waals surface area contributed by atoms with Gasteiger partial charge in [-0.15, -0.1) is 0 Å². The van der Waals surface area contributed by atoms with E-state index in [1.807, 2.05) is 0 Å². The number of nitrogens with zero attached hydrogens (tertiary/aromatic N) is 1. The van der Waals surface area contributed by atoms with Gasteiger partial charge in [0, 0.05) is 11.2 Å². The first kappa shape index (κ1) is 11.4. The zero-order valence-corrected chi connectivity index (χ0v) is 9.78. The third-order valence-corrected chi connectivity index (χ3v) is 2.69.